The summed E-state index contributed by atoms with van der Waals surface area (Å²) in [7, 11) is 1.56. The van der Waals surface area contributed by atoms with Gasteiger partial charge in [0.25, 0.3) is 11.7 Å². The molecule has 8 heteroatoms. The fourth-order valence-electron chi connectivity index (χ4n) is 3.66. The summed E-state index contributed by atoms with van der Waals surface area (Å²) in [6, 6.07) is 10.7. The molecule has 1 aliphatic rings. The number of rotatable bonds is 8. The number of hydrogen-bond acceptors (Lipinski definition) is 5. The van der Waals surface area contributed by atoms with Gasteiger partial charge in [0.2, 0.25) is 0 Å². The lowest BCUT2D eigenvalue weighted by atomic mass is 9.95. The van der Waals surface area contributed by atoms with Gasteiger partial charge in [0.05, 0.1) is 17.7 Å². The van der Waals surface area contributed by atoms with Crippen LogP contribution in [0.2, 0.25) is 10.0 Å². The van der Waals surface area contributed by atoms with Gasteiger partial charge in [-0.1, -0.05) is 29.3 Å². The lowest BCUT2D eigenvalue weighted by Crippen LogP contribution is -2.31. The van der Waals surface area contributed by atoms with E-state index in [1.165, 1.54) is 4.90 Å². The van der Waals surface area contributed by atoms with Crippen molar-refractivity contribution in [2.75, 3.05) is 20.3 Å². The predicted molar refractivity (Wildman–Crippen MR) is 124 cm³/mol. The maximum absolute atomic E-state index is 13.0. The number of carbonyl (C=O) groups excluding carboxylic acids is 2. The topological polar surface area (TPSA) is 76.1 Å². The van der Waals surface area contributed by atoms with Gasteiger partial charge in [0, 0.05) is 35.9 Å². The number of nitrogens with zero attached hydrogens (tertiary/aromatic N) is 1. The van der Waals surface area contributed by atoms with Crippen LogP contribution in [0.15, 0.2) is 48.0 Å². The Hall–Kier alpha value is -2.54. The summed E-state index contributed by atoms with van der Waals surface area (Å²) < 4.78 is 10.7. The maximum Gasteiger partial charge on any atom is 0.295 e. The van der Waals surface area contributed by atoms with Crippen LogP contribution in [-0.4, -0.2) is 48.1 Å². The quantitative estimate of drug-likeness (QED) is 0.243. The molecule has 1 N–H and O–H groups in total. The van der Waals surface area contributed by atoms with Crippen LogP contribution >= 0.6 is 23.2 Å². The molecule has 1 atom stereocenters. The van der Waals surface area contributed by atoms with E-state index >= 15 is 0 Å². The van der Waals surface area contributed by atoms with Gasteiger partial charge in [0.1, 0.15) is 11.5 Å². The van der Waals surface area contributed by atoms with Crippen LogP contribution < -0.4 is 4.74 Å². The zero-order valence-corrected chi connectivity index (χ0v) is 19.6. The van der Waals surface area contributed by atoms with Gasteiger partial charge in [-0.05, 0) is 62.2 Å². The molecule has 32 heavy (non-hydrogen) atoms. The Morgan fingerprint density at radius 3 is 2.41 bits per heavy atom. The number of likely N-dealkylation sites (tertiary alicyclic amines) is 1. The maximum atomic E-state index is 13.0. The fourth-order valence-corrected chi connectivity index (χ4v) is 4.17. The van der Waals surface area contributed by atoms with E-state index in [2.05, 4.69) is 0 Å². The smallest absolute Gasteiger partial charge is 0.295 e. The molecular weight excluding hydrogens is 453 g/mol. The van der Waals surface area contributed by atoms with Crippen molar-refractivity contribution in [3.63, 3.8) is 0 Å². The third kappa shape index (κ3) is 5.09. The van der Waals surface area contributed by atoms with Gasteiger partial charge in [0.15, 0.2) is 0 Å². The summed E-state index contributed by atoms with van der Waals surface area (Å²) in [6.07, 6.45) is 0.519. The second-order valence-electron chi connectivity index (χ2n) is 7.70. The van der Waals surface area contributed by atoms with Crippen molar-refractivity contribution in [3.8, 4) is 5.75 Å². The first kappa shape index (κ1) is 24.1. The van der Waals surface area contributed by atoms with Crippen molar-refractivity contribution in [1.29, 1.82) is 0 Å². The highest BCUT2D eigenvalue weighted by molar-refractivity contribution is 6.47. The Labute approximate surface area is 197 Å². The Balaban J connectivity index is 2.09. The first-order valence-corrected chi connectivity index (χ1v) is 11.0. The standard InChI is InChI=1S/C24H25Cl2NO5/c1-14(2)32-17-8-5-15(6-9-17)22(28)20-21(18-10-7-16(25)13-19(18)26)27(11-4-12-31-3)24(30)23(20)29/h5-10,13-14,21,28H,4,11-12H2,1-3H3/b22-20+/t21-/m0/s1. The minimum Gasteiger partial charge on any atom is -0.507 e. The van der Waals surface area contributed by atoms with Crippen molar-refractivity contribution >= 4 is 40.7 Å². The van der Waals surface area contributed by atoms with Crippen LogP contribution in [-0.2, 0) is 14.3 Å². The van der Waals surface area contributed by atoms with Crippen molar-refractivity contribution in [2.24, 2.45) is 0 Å². The zero-order chi connectivity index (χ0) is 23.4. The highest BCUT2D eigenvalue weighted by Crippen LogP contribution is 2.42. The first-order valence-electron chi connectivity index (χ1n) is 10.2. The number of carbonyl (C=O) groups is 2. The average molecular weight is 478 g/mol. The van der Waals surface area contributed by atoms with E-state index < -0.39 is 17.7 Å². The van der Waals surface area contributed by atoms with Crippen LogP contribution in [0, 0.1) is 0 Å². The molecule has 1 amide bonds. The first-order chi connectivity index (χ1) is 15.2. The molecule has 2 aromatic rings. The van der Waals surface area contributed by atoms with Gasteiger partial charge in [-0.3, -0.25) is 9.59 Å². The summed E-state index contributed by atoms with van der Waals surface area (Å²) in [5.74, 6) is -1.10. The number of methoxy groups -OCH3 is 1. The monoisotopic (exact) mass is 477 g/mol. The average Bonchev–Trinajstić information content (AvgIpc) is 2.98. The summed E-state index contributed by atoms with van der Waals surface area (Å²) in [6.45, 7) is 4.50. The van der Waals surface area contributed by atoms with Crippen molar-refractivity contribution in [1.82, 2.24) is 4.90 Å². The van der Waals surface area contributed by atoms with Crippen molar-refractivity contribution in [3.05, 3.63) is 69.2 Å². The minimum absolute atomic E-state index is 0.00100. The molecule has 0 bridgehead atoms. The SMILES string of the molecule is COCCCN1C(=O)C(=O)/C(=C(/O)c2ccc(OC(C)C)cc2)[C@@H]1c1ccc(Cl)cc1Cl. The number of ether oxygens (including phenoxy) is 2. The molecule has 0 saturated carbocycles. The lowest BCUT2D eigenvalue weighted by molar-refractivity contribution is -0.140. The zero-order valence-electron chi connectivity index (χ0n) is 18.1. The molecule has 2 aromatic carbocycles. The predicted octanol–water partition coefficient (Wildman–Crippen LogP) is 5.24. The molecule has 1 fully saturated rings. The number of aliphatic hydroxyl groups is 1. The Bertz CT molecular complexity index is 1030. The largest absolute Gasteiger partial charge is 0.507 e. The summed E-state index contributed by atoms with van der Waals surface area (Å²) in [5.41, 5.74) is 0.884. The Morgan fingerprint density at radius 2 is 1.81 bits per heavy atom. The van der Waals surface area contributed by atoms with Crippen LogP contribution in [0.25, 0.3) is 5.76 Å². The van der Waals surface area contributed by atoms with E-state index in [0.29, 0.717) is 39.9 Å². The van der Waals surface area contributed by atoms with Crippen LogP contribution in [0.4, 0.5) is 0 Å². The van der Waals surface area contributed by atoms with Gasteiger partial charge >= 0.3 is 0 Å². The molecule has 1 aliphatic heterocycles. The van der Waals surface area contributed by atoms with Crippen LogP contribution in [0.1, 0.15) is 37.4 Å². The van der Waals surface area contributed by atoms with Crippen LogP contribution in [0.3, 0.4) is 0 Å². The molecule has 0 spiro atoms. The van der Waals surface area contributed by atoms with Crippen LogP contribution in [0.5, 0.6) is 5.75 Å². The van der Waals surface area contributed by atoms with E-state index in [4.69, 9.17) is 32.7 Å². The molecule has 170 valence electrons. The van der Waals surface area contributed by atoms with E-state index in [-0.39, 0.29) is 24.0 Å². The van der Waals surface area contributed by atoms with E-state index in [1.807, 2.05) is 13.8 Å². The molecule has 0 unspecified atom stereocenters. The molecule has 3 rings (SSSR count). The molecule has 1 heterocycles. The molecular formula is C24H25Cl2NO5. The summed E-state index contributed by atoms with van der Waals surface area (Å²) in [5, 5.41) is 11.8. The number of Topliss-reactive ketones (excluding diaryl/α,β-unsaturated/α-hetero) is 1. The highest BCUT2D eigenvalue weighted by atomic mass is 35.5. The molecule has 0 aliphatic carbocycles. The minimum atomic E-state index is -0.844. The summed E-state index contributed by atoms with van der Waals surface area (Å²) >= 11 is 12.5. The lowest BCUT2D eigenvalue weighted by Gasteiger charge is -2.26. The summed E-state index contributed by atoms with van der Waals surface area (Å²) in [4.78, 5) is 27.3. The number of ketones is 1. The van der Waals surface area contributed by atoms with Crippen molar-refractivity contribution < 1.29 is 24.2 Å². The van der Waals surface area contributed by atoms with Gasteiger partial charge in [-0.25, -0.2) is 0 Å². The van der Waals surface area contributed by atoms with Crippen molar-refractivity contribution in [2.45, 2.75) is 32.4 Å². The van der Waals surface area contributed by atoms with E-state index in [0.717, 1.165) is 0 Å². The highest BCUT2D eigenvalue weighted by Gasteiger charge is 2.46. The second kappa shape index (κ2) is 10.4. The number of amides is 1. The molecule has 6 nitrogen and oxygen atoms in total. The third-order valence-corrected chi connectivity index (χ3v) is 5.61. The number of hydrogen-bond donors (Lipinski definition) is 1. The third-order valence-electron chi connectivity index (χ3n) is 5.04. The number of halogens is 2. The molecule has 0 aromatic heterocycles. The van der Waals surface area contributed by atoms with Gasteiger partial charge in [-0.2, -0.15) is 0 Å². The Morgan fingerprint density at radius 1 is 1.12 bits per heavy atom. The normalized spacial score (nSPS) is 17.9. The van der Waals surface area contributed by atoms with Gasteiger partial charge in [-0.15, -0.1) is 0 Å². The second-order valence-corrected chi connectivity index (χ2v) is 8.54. The fraction of sp³-hybridized carbons (Fsp3) is 0.333. The number of aliphatic hydroxyl groups excluding tert-OH is 1. The van der Waals surface area contributed by atoms with Gasteiger partial charge < -0.3 is 19.5 Å². The number of benzene rings is 2. The van der Waals surface area contributed by atoms with E-state index in [9.17, 15) is 14.7 Å². The molecule has 0 radical (unpaired) electrons. The van der Waals surface area contributed by atoms with E-state index in [1.54, 1.807) is 49.6 Å². The Kier molecular flexibility index (Phi) is 7.82. The molecule has 1 saturated heterocycles.